The number of carbonyl (C=O) groups excluding carboxylic acids is 1. The number of halogens is 3. The molecule has 0 aromatic heterocycles. The molecule has 0 radical (unpaired) electrons. The van der Waals surface area contributed by atoms with E-state index in [0.717, 1.165) is 23.2 Å². The van der Waals surface area contributed by atoms with Gasteiger partial charge in [0.2, 0.25) is 0 Å². The predicted octanol–water partition coefficient (Wildman–Crippen LogP) is 2.80. The highest BCUT2D eigenvalue weighted by atomic mass is 127. The summed E-state index contributed by atoms with van der Waals surface area (Å²) < 4.78 is 0.915. The van der Waals surface area contributed by atoms with E-state index in [2.05, 4.69) is 34.8 Å². The molecule has 1 fully saturated rings. The Balaban J connectivity index is 0.00000162. The van der Waals surface area contributed by atoms with E-state index < -0.39 is 0 Å². The van der Waals surface area contributed by atoms with E-state index >= 15 is 0 Å². The maximum Gasteiger partial charge on any atom is 0.254 e. The van der Waals surface area contributed by atoms with Gasteiger partial charge < -0.3 is 10.2 Å². The highest BCUT2D eigenvalue weighted by Crippen LogP contribution is 2.21. The Morgan fingerprint density at radius 2 is 2.28 bits per heavy atom. The van der Waals surface area contributed by atoms with E-state index in [1.54, 1.807) is 12.1 Å². The topological polar surface area (TPSA) is 32.3 Å². The standard InChI is InChI=1S/C12H14ClIN2O.ClH/c1-8-7-15-4-5-16(8)12(17)9-2-3-10(13)11(14)6-9;/h2-3,6,8,15H,4-5,7H2,1H3;1H. The zero-order chi connectivity index (χ0) is 12.4. The number of nitrogens with one attached hydrogen (secondary N) is 1. The number of amides is 1. The van der Waals surface area contributed by atoms with E-state index in [1.807, 2.05) is 11.0 Å². The minimum absolute atomic E-state index is 0. The second-order valence-corrected chi connectivity index (χ2v) is 5.75. The molecular weight excluding hydrogens is 386 g/mol. The van der Waals surface area contributed by atoms with Gasteiger partial charge >= 0.3 is 0 Å². The van der Waals surface area contributed by atoms with Gasteiger partial charge in [-0.15, -0.1) is 12.4 Å². The van der Waals surface area contributed by atoms with Crippen molar-refractivity contribution in [3.8, 4) is 0 Å². The van der Waals surface area contributed by atoms with Crippen molar-refractivity contribution in [1.29, 1.82) is 0 Å². The zero-order valence-electron chi connectivity index (χ0n) is 9.95. The van der Waals surface area contributed by atoms with Crippen LogP contribution in [0.2, 0.25) is 5.02 Å². The summed E-state index contributed by atoms with van der Waals surface area (Å²) in [6.07, 6.45) is 0. The first-order chi connectivity index (χ1) is 8.09. The number of nitrogens with zero attached hydrogens (tertiary/aromatic N) is 1. The van der Waals surface area contributed by atoms with Gasteiger partial charge in [0.05, 0.1) is 5.02 Å². The molecule has 3 nitrogen and oxygen atoms in total. The molecule has 1 aliphatic rings. The largest absolute Gasteiger partial charge is 0.333 e. The van der Waals surface area contributed by atoms with Crippen LogP contribution in [0.5, 0.6) is 0 Å². The summed E-state index contributed by atoms with van der Waals surface area (Å²) in [6, 6.07) is 5.66. The van der Waals surface area contributed by atoms with Gasteiger partial charge in [0.15, 0.2) is 0 Å². The van der Waals surface area contributed by atoms with Crippen LogP contribution in [0.1, 0.15) is 17.3 Å². The molecule has 1 N–H and O–H groups in total. The second-order valence-electron chi connectivity index (χ2n) is 4.18. The average molecular weight is 401 g/mol. The van der Waals surface area contributed by atoms with Gasteiger partial charge in [-0.05, 0) is 47.7 Å². The summed E-state index contributed by atoms with van der Waals surface area (Å²) in [4.78, 5) is 14.2. The van der Waals surface area contributed by atoms with E-state index in [4.69, 9.17) is 11.6 Å². The van der Waals surface area contributed by atoms with Crippen molar-refractivity contribution in [2.75, 3.05) is 19.6 Å². The van der Waals surface area contributed by atoms with Crippen molar-refractivity contribution < 1.29 is 4.79 Å². The SMILES string of the molecule is CC1CNCCN1C(=O)c1ccc(Cl)c(I)c1.Cl. The van der Waals surface area contributed by atoms with Crippen molar-refractivity contribution >= 4 is 52.5 Å². The number of benzene rings is 1. The normalized spacial score (nSPS) is 19.3. The van der Waals surface area contributed by atoms with Gasteiger partial charge in [0.1, 0.15) is 0 Å². The lowest BCUT2D eigenvalue weighted by Gasteiger charge is -2.34. The van der Waals surface area contributed by atoms with E-state index in [0.29, 0.717) is 10.6 Å². The lowest BCUT2D eigenvalue weighted by Crippen LogP contribution is -2.52. The fourth-order valence-corrected chi connectivity index (χ4v) is 2.57. The second kappa shape index (κ2) is 6.93. The van der Waals surface area contributed by atoms with Crippen molar-refractivity contribution in [3.05, 3.63) is 32.4 Å². The number of piperazine rings is 1. The molecule has 2 rings (SSSR count). The smallest absolute Gasteiger partial charge is 0.254 e. The van der Waals surface area contributed by atoms with Gasteiger partial charge in [-0.1, -0.05) is 11.6 Å². The van der Waals surface area contributed by atoms with Gasteiger partial charge in [-0.25, -0.2) is 0 Å². The van der Waals surface area contributed by atoms with Crippen LogP contribution >= 0.6 is 46.6 Å². The summed E-state index contributed by atoms with van der Waals surface area (Å²) in [5.41, 5.74) is 0.715. The first-order valence-electron chi connectivity index (χ1n) is 5.56. The molecular formula is C12H15Cl2IN2O. The van der Waals surface area contributed by atoms with Crippen molar-refractivity contribution in [3.63, 3.8) is 0 Å². The van der Waals surface area contributed by atoms with Crippen LogP contribution < -0.4 is 5.32 Å². The Morgan fingerprint density at radius 1 is 1.56 bits per heavy atom. The molecule has 0 bridgehead atoms. The van der Waals surface area contributed by atoms with Crippen molar-refractivity contribution in [2.45, 2.75) is 13.0 Å². The Kier molecular flexibility index (Phi) is 6.17. The van der Waals surface area contributed by atoms with Crippen molar-refractivity contribution in [2.24, 2.45) is 0 Å². The molecule has 100 valence electrons. The Hall–Kier alpha value is -0.0400. The highest BCUT2D eigenvalue weighted by molar-refractivity contribution is 14.1. The Labute approximate surface area is 132 Å². The number of carbonyl (C=O) groups is 1. The monoisotopic (exact) mass is 400 g/mol. The highest BCUT2D eigenvalue weighted by Gasteiger charge is 2.24. The van der Waals surface area contributed by atoms with Gasteiger partial charge in [0.25, 0.3) is 5.91 Å². The first-order valence-corrected chi connectivity index (χ1v) is 7.02. The third-order valence-corrected chi connectivity index (χ3v) is 4.47. The molecule has 1 heterocycles. The lowest BCUT2D eigenvalue weighted by atomic mass is 10.1. The molecule has 1 amide bonds. The van der Waals surface area contributed by atoms with Gasteiger partial charge in [-0.3, -0.25) is 4.79 Å². The number of rotatable bonds is 1. The van der Waals surface area contributed by atoms with E-state index in [1.165, 1.54) is 0 Å². The fourth-order valence-electron chi connectivity index (χ4n) is 1.94. The molecule has 1 unspecified atom stereocenters. The molecule has 0 aliphatic carbocycles. The predicted molar refractivity (Wildman–Crippen MR) is 84.8 cm³/mol. The summed E-state index contributed by atoms with van der Waals surface area (Å²) in [7, 11) is 0. The molecule has 6 heteroatoms. The van der Waals surface area contributed by atoms with Crippen LogP contribution in [0.15, 0.2) is 18.2 Å². The molecule has 18 heavy (non-hydrogen) atoms. The van der Waals surface area contributed by atoms with Crippen LogP contribution in [0, 0.1) is 3.57 Å². The summed E-state index contributed by atoms with van der Waals surface area (Å²) in [6.45, 7) is 4.54. The molecule has 1 atom stereocenters. The minimum Gasteiger partial charge on any atom is -0.333 e. The van der Waals surface area contributed by atoms with E-state index in [-0.39, 0.29) is 24.4 Å². The first kappa shape index (κ1) is 16.0. The van der Waals surface area contributed by atoms with Gasteiger partial charge in [0, 0.05) is 34.8 Å². The van der Waals surface area contributed by atoms with Crippen LogP contribution in [0.25, 0.3) is 0 Å². The third-order valence-electron chi connectivity index (χ3n) is 2.93. The maximum atomic E-state index is 12.3. The van der Waals surface area contributed by atoms with Crippen LogP contribution in [-0.2, 0) is 0 Å². The van der Waals surface area contributed by atoms with Crippen molar-refractivity contribution in [1.82, 2.24) is 10.2 Å². The number of hydrogen-bond donors (Lipinski definition) is 1. The van der Waals surface area contributed by atoms with Crippen LogP contribution in [0.3, 0.4) is 0 Å². The number of hydrogen-bond acceptors (Lipinski definition) is 2. The van der Waals surface area contributed by atoms with Gasteiger partial charge in [-0.2, -0.15) is 0 Å². The molecule has 1 saturated heterocycles. The summed E-state index contributed by atoms with van der Waals surface area (Å²) >= 11 is 8.10. The minimum atomic E-state index is 0. The van der Waals surface area contributed by atoms with Crippen LogP contribution in [0.4, 0.5) is 0 Å². The average Bonchev–Trinajstić information content (AvgIpc) is 2.32. The third kappa shape index (κ3) is 3.50. The summed E-state index contributed by atoms with van der Waals surface area (Å²) in [5.74, 6) is 0.0913. The molecule has 1 aromatic carbocycles. The molecule has 0 saturated carbocycles. The fraction of sp³-hybridized carbons (Fsp3) is 0.417. The van der Waals surface area contributed by atoms with E-state index in [9.17, 15) is 4.79 Å². The lowest BCUT2D eigenvalue weighted by molar-refractivity contribution is 0.0655. The molecule has 0 spiro atoms. The molecule has 1 aliphatic heterocycles. The quantitative estimate of drug-likeness (QED) is 0.735. The molecule has 1 aromatic rings. The summed E-state index contributed by atoms with van der Waals surface area (Å²) in [5, 5.41) is 3.97. The Morgan fingerprint density at radius 3 is 2.89 bits per heavy atom. The van der Waals surface area contributed by atoms with Crippen LogP contribution in [-0.4, -0.2) is 36.5 Å². The Bertz CT molecular complexity index is 442. The maximum absolute atomic E-state index is 12.3. The zero-order valence-corrected chi connectivity index (χ0v) is 13.7.